The summed E-state index contributed by atoms with van der Waals surface area (Å²) in [7, 11) is -4.28. The van der Waals surface area contributed by atoms with E-state index < -0.39 is 28.5 Å². The molecule has 1 atom stereocenters. The van der Waals surface area contributed by atoms with E-state index in [2.05, 4.69) is 21.2 Å². The van der Waals surface area contributed by atoms with E-state index in [1.54, 1.807) is 12.1 Å². The number of nitrogens with zero attached hydrogens (tertiary/aromatic N) is 2. The maximum atomic E-state index is 14.6. The van der Waals surface area contributed by atoms with Crippen molar-refractivity contribution in [2.45, 2.75) is 44.7 Å². The lowest BCUT2D eigenvalue weighted by atomic mass is 10.0. The van der Waals surface area contributed by atoms with Crippen LogP contribution < -0.4 is 9.62 Å². The molecule has 2 amide bonds. The number of hydrogen-bond donors (Lipinski definition) is 1. The van der Waals surface area contributed by atoms with E-state index in [0.717, 1.165) is 25.5 Å². The summed E-state index contributed by atoms with van der Waals surface area (Å²) in [5.41, 5.74) is 2.61. The van der Waals surface area contributed by atoms with Gasteiger partial charge >= 0.3 is 0 Å². The zero-order chi connectivity index (χ0) is 33.4. The number of anilines is 1. The molecule has 4 aromatic carbocycles. The number of benzene rings is 4. The van der Waals surface area contributed by atoms with E-state index in [4.69, 9.17) is 23.2 Å². The van der Waals surface area contributed by atoms with Crippen LogP contribution in [0.1, 0.15) is 30.5 Å². The molecule has 4 aromatic rings. The molecule has 4 rings (SSSR count). The van der Waals surface area contributed by atoms with Crippen molar-refractivity contribution in [3.63, 3.8) is 0 Å². The van der Waals surface area contributed by atoms with Crippen LogP contribution in [0.2, 0.25) is 10.0 Å². The molecule has 0 aromatic heterocycles. The highest BCUT2D eigenvalue weighted by molar-refractivity contribution is 9.10. The zero-order valence-electron chi connectivity index (χ0n) is 25.8. The third-order valence-corrected chi connectivity index (χ3v) is 9.94. The minimum Gasteiger partial charge on any atom is -0.354 e. The van der Waals surface area contributed by atoms with E-state index in [-0.39, 0.29) is 45.4 Å². The summed E-state index contributed by atoms with van der Waals surface area (Å²) < 4.78 is 30.2. The summed E-state index contributed by atoms with van der Waals surface area (Å²) >= 11 is 16.1. The van der Waals surface area contributed by atoms with Gasteiger partial charge in [0.25, 0.3) is 10.0 Å². The number of aryl methyl sites for hydroxylation is 1. The molecule has 0 aliphatic heterocycles. The first-order valence-corrected chi connectivity index (χ1v) is 17.7. The number of halogens is 3. The summed E-state index contributed by atoms with van der Waals surface area (Å²) in [4.78, 5) is 29.9. The Morgan fingerprint density at radius 2 is 1.48 bits per heavy atom. The molecule has 1 N–H and O–H groups in total. The van der Waals surface area contributed by atoms with Crippen molar-refractivity contribution in [1.82, 2.24) is 10.2 Å². The molecule has 0 saturated heterocycles. The van der Waals surface area contributed by atoms with Crippen molar-refractivity contribution in [1.29, 1.82) is 0 Å². The lowest BCUT2D eigenvalue weighted by Gasteiger charge is -2.34. The molecule has 0 heterocycles. The van der Waals surface area contributed by atoms with Gasteiger partial charge in [-0.1, -0.05) is 113 Å². The maximum Gasteiger partial charge on any atom is 0.264 e. The van der Waals surface area contributed by atoms with Crippen molar-refractivity contribution in [2.24, 2.45) is 5.92 Å². The number of rotatable bonds is 13. The largest absolute Gasteiger partial charge is 0.354 e. The fourth-order valence-corrected chi connectivity index (χ4v) is 7.22. The Morgan fingerprint density at radius 1 is 0.848 bits per heavy atom. The fourth-order valence-electron chi connectivity index (χ4n) is 4.86. The molecule has 46 heavy (non-hydrogen) atoms. The number of amides is 2. The van der Waals surface area contributed by atoms with Crippen molar-refractivity contribution in [2.75, 3.05) is 17.4 Å². The second-order valence-corrected chi connectivity index (χ2v) is 15.1. The number of nitrogens with one attached hydrogen (secondary N) is 1. The van der Waals surface area contributed by atoms with Crippen LogP contribution in [0.25, 0.3) is 0 Å². The highest BCUT2D eigenvalue weighted by atomic mass is 79.9. The Morgan fingerprint density at radius 3 is 2.09 bits per heavy atom. The number of carbonyl (C=O) groups excluding carboxylic acids is 2. The first-order chi connectivity index (χ1) is 21.8. The van der Waals surface area contributed by atoms with Crippen molar-refractivity contribution in [3.8, 4) is 0 Å². The van der Waals surface area contributed by atoms with Gasteiger partial charge in [-0.15, -0.1) is 0 Å². The standard InChI is InChI=1S/C35H36BrCl2N3O4S/c1-24(2)21-39-35(43)33(17-26-8-5-4-6-9-26)40(22-27-10-7-11-28(36)16-27)34(42)23-41(31-19-29(37)18-30(38)20-31)46(44,45)32-14-12-25(3)13-15-32/h4-16,18-20,24,33H,17,21-23H2,1-3H3,(H,39,43). The van der Waals surface area contributed by atoms with Crippen LogP contribution in [-0.2, 0) is 32.6 Å². The summed E-state index contributed by atoms with van der Waals surface area (Å²) in [5.74, 6) is -0.731. The third kappa shape index (κ3) is 9.58. The topological polar surface area (TPSA) is 86.8 Å². The molecule has 0 radical (unpaired) electrons. The van der Waals surface area contributed by atoms with Crippen molar-refractivity contribution in [3.05, 3.63) is 128 Å². The van der Waals surface area contributed by atoms with E-state index in [9.17, 15) is 18.0 Å². The summed E-state index contributed by atoms with van der Waals surface area (Å²) in [5, 5.41) is 3.40. The second-order valence-electron chi connectivity index (χ2n) is 11.4. The summed E-state index contributed by atoms with van der Waals surface area (Å²) in [6.45, 7) is 5.69. The number of carbonyl (C=O) groups is 2. The van der Waals surface area contributed by atoms with E-state index in [0.29, 0.717) is 6.54 Å². The van der Waals surface area contributed by atoms with E-state index in [1.165, 1.54) is 35.2 Å². The Hall–Kier alpha value is -3.37. The molecule has 1 unspecified atom stereocenters. The zero-order valence-corrected chi connectivity index (χ0v) is 29.7. The van der Waals surface area contributed by atoms with Gasteiger partial charge in [0.05, 0.1) is 10.6 Å². The average Bonchev–Trinajstić information content (AvgIpc) is 3.00. The van der Waals surface area contributed by atoms with E-state index >= 15 is 0 Å². The molecule has 11 heteroatoms. The molecule has 0 aliphatic carbocycles. The van der Waals surface area contributed by atoms with Gasteiger partial charge in [-0.2, -0.15) is 0 Å². The van der Waals surface area contributed by atoms with Crippen molar-refractivity contribution >= 4 is 66.7 Å². The molecule has 0 fully saturated rings. The minimum atomic E-state index is -4.28. The Labute approximate surface area is 289 Å². The lowest BCUT2D eigenvalue weighted by molar-refractivity contribution is -0.140. The summed E-state index contributed by atoms with van der Waals surface area (Å²) in [6, 6.07) is 26.6. The molecule has 242 valence electrons. The number of hydrogen-bond acceptors (Lipinski definition) is 4. The monoisotopic (exact) mass is 743 g/mol. The lowest BCUT2D eigenvalue weighted by Crippen LogP contribution is -2.53. The Kier molecular flexibility index (Phi) is 12.3. The van der Waals surface area contributed by atoms with Gasteiger partial charge in [-0.25, -0.2) is 8.42 Å². The van der Waals surface area contributed by atoms with Crippen molar-refractivity contribution < 1.29 is 18.0 Å². The predicted octanol–water partition coefficient (Wildman–Crippen LogP) is 7.67. The third-order valence-electron chi connectivity index (χ3n) is 7.22. The normalized spacial score (nSPS) is 12.1. The molecule has 0 saturated carbocycles. The first-order valence-electron chi connectivity index (χ1n) is 14.7. The minimum absolute atomic E-state index is 0.00366. The molecule has 7 nitrogen and oxygen atoms in total. The van der Waals surface area contributed by atoms with Crippen LogP contribution in [0.4, 0.5) is 5.69 Å². The van der Waals surface area contributed by atoms with Gasteiger partial charge in [-0.3, -0.25) is 13.9 Å². The van der Waals surface area contributed by atoms with Crippen LogP contribution in [0.3, 0.4) is 0 Å². The second kappa shape index (κ2) is 16.0. The van der Waals surface area contributed by atoms with Gasteiger partial charge in [0.2, 0.25) is 11.8 Å². The average molecular weight is 746 g/mol. The first kappa shape index (κ1) is 35.5. The molecule has 0 spiro atoms. The quantitative estimate of drug-likeness (QED) is 0.152. The van der Waals surface area contributed by atoms with Crippen LogP contribution in [0.5, 0.6) is 0 Å². The predicted molar refractivity (Wildman–Crippen MR) is 189 cm³/mol. The smallest absolute Gasteiger partial charge is 0.264 e. The molecule has 0 bridgehead atoms. The molecular weight excluding hydrogens is 709 g/mol. The van der Waals surface area contributed by atoms with Gasteiger partial charge in [0.1, 0.15) is 12.6 Å². The highest BCUT2D eigenvalue weighted by Gasteiger charge is 2.35. The Bertz CT molecular complexity index is 1750. The van der Waals surface area contributed by atoms with Crippen LogP contribution in [0.15, 0.2) is 106 Å². The van der Waals surface area contributed by atoms with Crippen LogP contribution in [0, 0.1) is 12.8 Å². The van der Waals surface area contributed by atoms with E-state index in [1.807, 2.05) is 75.4 Å². The number of sulfonamides is 1. The molecular formula is C35H36BrCl2N3O4S. The van der Waals surface area contributed by atoms with Crippen LogP contribution in [-0.4, -0.2) is 44.3 Å². The summed E-state index contributed by atoms with van der Waals surface area (Å²) in [6.07, 6.45) is 0.220. The van der Waals surface area contributed by atoms with Gasteiger partial charge in [0, 0.05) is 34.0 Å². The van der Waals surface area contributed by atoms with Gasteiger partial charge < -0.3 is 10.2 Å². The SMILES string of the molecule is Cc1ccc(S(=O)(=O)N(CC(=O)N(Cc2cccc(Br)c2)C(Cc2ccccc2)C(=O)NCC(C)C)c2cc(Cl)cc(Cl)c2)cc1. The van der Waals surface area contributed by atoms with Gasteiger partial charge in [-0.05, 0) is 66.4 Å². The fraction of sp³-hybridized carbons (Fsp3) is 0.257. The Balaban J connectivity index is 1.82. The molecule has 0 aliphatic rings. The highest BCUT2D eigenvalue weighted by Crippen LogP contribution is 2.30. The maximum absolute atomic E-state index is 14.6. The van der Waals surface area contributed by atoms with Gasteiger partial charge in [0.15, 0.2) is 0 Å². The van der Waals surface area contributed by atoms with Crippen LogP contribution >= 0.6 is 39.1 Å².